The van der Waals surface area contributed by atoms with Gasteiger partial charge in [0.25, 0.3) is 0 Å². The van der Waals surface area contributed by atoms with Gasteiger partial charge in [0.1, 0.15) is 0 Å². The first kappa shape index (κ1) is 13.6. The maximum atomic E-state index is 11.6. The van der Waals surface area contributed by atoms with E-state index in [1.54, 1.807) is 6.92 Å². The lowest BCUT2D eigenvalue weighted by atomic mass is 10.0. The van der Waals surface area contributed by atoms with E-state index in [9.17, 15) is 4.79 Å². The van der Waals surface area contributed by atoms with Crippen LogP contribution >= 0.6 is 0 Å². The molecule has 3 nitrogen and oxygen atoms in total. The standard InChI is InChI=1S/C16H19NO2/c1-12(18)9-10-16(19)17-11-14-7-4-6-13-5-2-3-8-15(13)14/h2-8,12,18H,9-11H2,1H3,(H,17,19). The highest BCUT2D eigenvalue weighted by molar-refractivity contribution is 5.86. The van der Waals surface area contributed by atoms with Crippen molar-refractivity contribution in [1.29, 1.82) is 0 Å². The van der Waals surface area contributed by atoms with Gasteiger partial charge in [-0.1, -0.05) is 42.5 Å². The summed E-state index contributed by atoms with van der Waals surface area (Å²) in [5.41, 5.74) is 1.11. The number of aliphatic hydroxyl groups is 1. The number of aliphatic hydroxyl groups excluding tert-OH is 1. The second kappa shape index (κ2) is 6.34. The first-order chi connectivity index (χ1) is 9.16. The van der Waals surface area contributed by atoms with Crippen LogP contribution in [-0.4, -0.2) is 17.1 Å². The fourth-order valence-electron chi connectivity index (χ4n) is 2.07. The topological polar surface area (TPSA) is 49.3 Å². The summed E-state index contributed by atoms with van der Waals surface area (Å²) < 4.78 is 0. The van der Waals surface area contributed by atoms with Gasteiger partial charge in [-0.05, 0) is 29.7 Å². The van der Waals surface area contributed by atoms with Crippen LogP contribution in [0.25, 0.3) is 10.8 Å². The molecule has 0 aliphatic rings. The van der Waals surface area contributed by atoms with Crippen molar-refractivity contribution < 1.29 is 9.90 Å². The number of hydrogen-bond donors (Lipinski definition) is 2. The lowest BCUT2D eigenvalue weighted by Gasteiger charge is -2.09. The fourth-order valence-corrected chi connectivity index (χ4v) is 2.07. The van der Waals surface area contributed by atoms with Crippen LogP contribution in [-0.2, 0) is 11.3 Å². The highest BCUT2D eigenvalue weighted by atomic mass is 16.3. The van der Waals surface area contributed by atoms with Gasteiger partial charge in [0, 0.05) is 13.0 Å². The summed E-state index contributed by atoms with van der Waals surface area (Å²) in [5.74, 6) is -0.0196. The minimum atomic E-state index is -0.427. The minimum Gasteiger partial charge on any atom is -0.393 e. The molecule has 100 valence electrons. The first-order valence-electron chi connectivity index (χ1n) is 6.58. The lowest BCUT2D eigenvalue weighted by Crippen LogP contribution is -2.23. The van der Waals surface area contributed by atoms with Crippen molar-refractivity contribution in [3.05, 3.63) is 48.0 Å². The van der Waals surface area contributed by atoms with Crippen LogP contribution in [0.15, 0.2) is 42.5 Å². The van der Waals surface area contributed by atoms with Gasteiger partial charge in [-0.25, -0.2) is 0 Å². The van der Waals surface area contributed by atoms with Crippen LogP contribution in [0, 0.1) is 0 Å². The average molecular weight is 257 g/mol. The lowest BCUT2D eigenvalue weighted by molar-refractivity contribution is -0.121. The van der Waals surface area contributed by atoms with Gasteiger partial charge in [0.05, 0.1) is 6.10 Å². The van der Waals surface area contributed by atoms with Crippen molar-refractivity contribution in [3.8, 4) is 0 Å². The van der Waals surface area contributed by atoms with E-state index in [0.29, 0.717) is 19.4 Å². The summed E-state index contributed by atoms with van der Waals surface area (Å²) in [6.07, 6.45) is 0.437. The summed E-state index contributed by atoms with van der Waals surface area (Å²) in [4.78, 5) is 11.6. The Morgan fingerprint density at radius 3 is 2.74 bits per heavy atom. The van der Waals surface area contributed by atoms with Crippen LogP contribution in [0.3, 0.4) is 0 Å². The molecule has 1 amide bonds. The van der Waals surface area contributed by atoms with E-state index in [1.807, 2.05) is 24.3 Å². The SMILES string of the molecule is CC(O)CCC(=O)NCc1cccc2ccccc12. The molecule has 0 aromatic heterocycles. The Morgan fingerprint density at radius 1 is 1.21 bits per heavy atom. The molecule has 0 spiro atoms. The predicted molar refractivity (Wildman–Crippen MR) is 76.7 cm³/mol. The van der Waals surface area contributed by atoms with Crippen LogP contribution in [0.2, 0.25) is 0 Å². The van der Waals surface area contributed by atoms with Crippen molar-refractivity contribution in [1.82, 2.24) is 5.32 Å². The van der Waals surface area contributed by atoms with Crippen molar-refractivity contribution >= 4 is 16.7 Å². The zero-order chi connectivity index (χ0) is 13.7. The van der Waals surface area contributed by atoms with Crippen LogP contribution in [0.1, 0.15) is 25.3 Å². The fraction of sp³-hybridized carbons (Fsp3) is 0.312. The Bertz CT molecular complexity index is 558. The summed E-state index contributed by atoms with van der Waals surface area (Å²) in [5, 5.41) is 14.4. The molecule has 2 aromatic carbocycles. The molecule has 1 unspecified atom stereocenters. The van der Waals surface area contributed by atoms with E-state index in [1.165, 1.54) is 10.8 Å². The minimum absolute atomic E-state index is 0.0196. The van der Waals surface area contributed by atoms with E-state index >= 15 is 0 Å². The smallest absolute Gasteiger partial charge is 0.220 e. The van der Waals surface area contributed by atoms with E-state index in [4.69, 9.17) is 5.11 Å². The van der Waals surface area contributed by atoms with Gasteiger partial charge in [0.2, 0.25) is 5.91 Å². The summed E-state index contributed by atoms with van der Waals surface area (Å²) in [6.45, 7) is 2.22. The summed E-state index contributed by atoms with van der Waals surface area (Å²) in [6, 6.07) is 14.2. The molecular weight excluding hydrogens is 238 g/mol. The van der Waals surface area contributed by atoms with E-state index < -0.39 is 6.10 Å². The van der Waals surface area contributed by atoms with Crippen LogP contribution in [0.5, 0.6) is 0 Å². The highest BCUT2D eigenvalue weighted by Gasteiger charge is 2.05. The average Bonchev–Trinajstić information content (AvgIpc) is 2.42. The Labute approximate surface area is 113 Å². The van der Waals surface area contributed by atoms with Crippen molar-refractivity contribution in [3.63, 3.8) is 0 Å². The van der Waals surface area contributed by atoms with Crippen LogP contribution < -0.4 is 5.32 Å². The first-order valence-corrected chi connectivity index (χ1v) is 6.58. The molecule has 0 heterocycles. The monoisotopic (exact) mass is 257 g/mol. The number of fused-ring (bicyclic) bond motifs is 1. The Hall–Kier alpha value is -1.87. The number of carbonyl (C=O) groups is 1. The molecule has 0 fully saturated rings. The molecule has 19 heavy (non-hydrogen) atoms. The Kier molecular flexibility index (Phi) is 4.53. The number of nitrogens with one attached hydrogen (secondary N) is 1. The molecule has 2 rings (SSSR count). The molecule has 0 bridgehead atoms. The number of benzene rings is 2. The summed E-state index contributed by atoms with van der Waals surface area (Å²) in [7, 11) is 0. The molecular formula is C16H19NO2. The summed E-state index contributed by atoms with van der Waals surface area (Å²) >= 11 is 0. The Balaban J connectivity index is 2.00. The van der Waals surface area contributed by atoms with E-state index in [2.05, 4.69) is 23.5 Å². The molecule has 0 radical (unpaired) electrons. The van der Waals surface area contributed by atoms with Gasteiger partial charge in [-0.2, -0.15) is 0 Å². The number of rotatable bonds is 5. The molecule has 0 aliphatic carbocycles. The van der Waals surface area contributed by atoms with Crippen molar-refractivity contribution in [2.24, 2.45) is 0 Å². The van der Waals surface area contributed by atoms with Gasteiger partial charge < -0.3 is 10.4 Å². The number of amides is 1. The van der Waals surface area contributed by atoms with Gasteiger partial charge in [0.15, 0.2) is 0 Å². The van der Waals surface area contributed by atoms with Gasteiger partial charge in [-0.3, -0.25) is 4.79 Å². The molecule has 1 atom stereocenters. The number of hydrogen-bond acceptors (Lipinski definition) is 2. The maximum Gasteiger partial charge on any atom is 0.220 e. The van der Waals surface area contributed by atoms with Crippen molar-refractivity contribution in [2.75, 3.05) is 0 Å². The second-order valence-electron chi connectivity index (χ2n) is 4.80. The van der Waals surface area contributed by atoms with Gasteiger partial charge in [-0.15, -0.1) is 0 Å². The Morgan fingerprint density at radius 2 is 1.95 bits per heavy atom. The molecule has 0 saturated heterocycles. The molecule has 0 saturated carbocycles. The zero-order valence-electron chi connectivity index (χ0n) is 11.1. The largest absolute Gasteiger partial charge is 0.393 e. The zero-order valence-corrected chi connectivity index (χ0v) is 11.1. The third-order valence-corrected chi connectivity index (χ3v) is 3.15. The maximum absolute atomic E-state index is 11.6. The molecule has 2 aromatic rings. The van der Waals surface area contributed by atoms with Gasteiger partial charge >= 0.3 is 0 Å². The third-order valence-electron chi connectivity index (χ3n) is 3.15. The van der Waals surface area contributed by atoms with Crippen molar-refractivity contribution in [2.45, 2.75) is 32.4 Å². The molecule has 0 aliphatic heterocycles. The molecule has 3 heteroatoms. The van der Waals surface area contributed by atoms with E-state index in [0.717, 1.165) is 5.56 Å². The normalized spacial score (nSPS) is 12.3. The quantitative estimate of drug-likeness (QED) is 0.865. The van der Waals surface area contributed by atoms with E-state index in [-0.39, 0.29) is 5.91 Å². The third kappa shape index (κ3) is 3.80. The predicted octanol–water partition coefficient (Wildman–Crippen LogP) is 2.62. The highest BCUT2D eigenvalue weighted by Crippen LogP contribution is 2.18. The number of carbonyl (C=O) groups excluding carboxylic acids is 1. The molecule has 2 N–H and O–H groups in total. The second-order valence-corrected chi connectivity index (χ2v) is 4.80. The van der Waals surface area contributed by atoms with Crippen LogP contribution in [0.4, 0.5) is 0 Å².